The van der Waals surface area contributed by atoms with Crippen LogP contribution in [-0.2, 0) is 11.3 Å². The fourth-order valence-electron chi connectivity index (χ4n) is 3.71. The third kappa shape index (κ3) is 6.08. The molecule has 1 N–H and O–H groups in total. The van der Waals surface area contributed by atoms with Crippen LogP contribution in [0.2, 0.25) is 0 Å². The van der Waals surface area contributed by atoms with E-state index in [1.165, 1.54) is 30.3 Å². The minimum absolute atomic E-state index is 0.0986. The van der Waals surface area contributed by atoms with Crippen LogP contribution in [0.3, 0.4) is 0 Å². The van der Waals surface area contributed by atoms with Crippen molar-refractivity contribution in [2.45, 2.75) is 50.8 Å². The zero-order valence-electron chi connectivity index (χ0n) is 16.1. The van der Waals surface area contributed by atoms with E-state index in [0.717, 1.165) is 36.8 Å². The molecule has 0 heterocycles. The highest BCUT2D eigenvalue weighted by molar-refractivity contribution is 7.99. The van der Waals surface area contributed by atoms with Crippen LogP contribution in [0, 0.1) is 5.82 Å². The van der Waals surface area contributed by atoms with Crippen molar-refractivity contribution in [2.75, 3.05) is 11.5 Å². The summed E-state index contributed by atoms with van der Waals surface area (Å²) in [5.74, 6) is 0.679. The number of halogens is 1. The van der Waals surface area contributed by atoms with E-state index in [-0.39, 0.29) is 17.8 Å². The Hall–Kier alpha value is -1.85. The Bertz CT molecular complexity index is 732. The molecule has 1 aliphatic rings. The van der Waals surface area contributed by atoms with Crippen LogP contribution < -0.4 is 0 Å². The molecule has 0 aromatic heterocycles. The summed E-state index contributed by atoms with van der Waals surface area (Å²) in [5.41, 5.74) is 1.83. The van der Waals surface area contributed by atoms with Gasteiger partial charge in [-0.15, -0.1) is 11.8 Å². The molecule has 0 bridgehead atoms. The first-order valence-electron chi connectivity index (χ1n) is 9.98. The fourth-order valence-corrected chi connectivity index (χ4v) is 4.59. The lowest BCUT2D eigenvalue weighted by atomic mass is 9.94. The summed E-state index contributed by atoms with van der Waals surface area (Å²) >= 11 is 1.47. The van der Waals surface area contributed by atoms with Crippen molar-refractivity contribution in [2.24, 2.45) is 0 Å². The topological polar surface area (TPSA) is 40.5 Å². The van der Waals surface area contributed by atoms with E-state index >= 15 is 0 Å². The molecular weight excluding hydrogens is 373 g/mol. The zero-order chi connectivity index (χ0) is 19.8. The van der Waals surface area contributed by atoms with Crippen LogP contribution in [0.4, 0.5) is 4.39 Å². The van der Waals surface area contributed by atoms with Crippen molar-refractivity contribution in [1.82, 2.24) is 4.90 Å². The molecule has 1 atom stereocenters. The summed E-state index contributed by atoms with van der Waals surface area (Å²) in [7, 11) is 0. The summed E-state index contributed by atoms with van der Waals surface area (Å²) in [4.78, 5) is 14.9. The molecule has 28 heavy (non-hydrogen) atoms. The van der Waals surface area contributed by atoms with Crippen LogP contribution >= 0.6 is 11.8 Å². The average molecular weight is 402 g/mol. The molecule has 3 nitrogen and oxygen atoms in total. The van der Waals surface area contributed by atoms with Gasteiger partial charge in [0.1, 0.15) is 5.82 Å². The minimum atomic E-state index is -0.570. The number of rotatable bonds is 8. The number of thioether (sulfide) groups is 1. The normalized spacial score (nSPS) is 15.9. The van der Waals surface area contributed by atoms with Gasteiger partial charge in [0.15, 0.2) is 0 Å². The van der Waals surface area contributed by atoms with E-state index in [4.69, 9.17) is 0 Å². The molecular formula is C23H28FNO2S. The third-order valence-corrected chi connectivity index (χ3v) is 6.29. The highest BCUT2D eigenvalue weighted by Gasteiger charge is 2.25. The summed E-state index contributed by atoms with van der Waals surface area (Å²) in [6.07, 6.45) is 5.02. The van der Waals surface area contributed by atoms with Crippen molar-refractivity contribution in [1.29, 1.82) is 0 Å². The molecule has 150 valence electrons. The van der Waals surface area contributed by atoms with E-state index in [9.17, 15) is 14.3 Å². The van der Waals surface area contributed by atoms with Gasteiger partial charge in [-0.05, 0) is 36.1 Å². The number of aliphatic hydroxyl groups is 1. The standard InChI is InChI=1S/C23H28FNO2S/c24-20-13-11-18(12-14-20)15-25(21-9-5-2-6-10-21)23(27)17-28-16-22(26)19-7-3-1-4-8-19/h1,3-4,7-8,11-14,21-22,26H,2,5-6,9-10,15-17H2. The fraction of sp³-hybridized carbons (Fsp3) is 0.435. The van der Waals surface area contributed by atoms with E-state index in [1.807, 2.05) is 35.2 Å². The van der Waals surface area contributed by atoms with Gasteiger partial charge in [0.05, 0.1) is 11.9 Å². The molecule has 3 rings (SSSR count). The first kappa shape index (κ1) is 20.9. The molecule has 5 heteroatoms. The molecule has 1 amide bonds. The second kappa shape index (κ2) is 10.6. The lowest BCUT2D eigenvalue weighted by molar-refractivity contribution is -0.132. The molecule has 2 aromatic rings. The first-order valence-corrected chi connectivity index (χ1v) is 11.1. The number of hydrogen-bond acceptors (Lipinski definition) is 3. The Morgan fingerprint density at radius 1 is 1.07 bits per heavy atom. The van der Waals surface area contributed by atoms with Gasteiger partial charge in [-0.25, -0.2) is 4.39 Å². The Morgan fingerprint density at radius 3 is 2.43 bits per heavy atom. The van der Waals surface area contributed by atoms with Gasteiger partial charge in [-0.1, -0.05) is 61.7 Å². The first-order chi connectivity index (χ1) is 13.6. The van der Waals surface area contributed by atoms with Gasteiger partial charge in [0.2, 0.25) is 5.91 Å². The lowest BCUT2D eigenvalue weighted by Crippen LogP contribution is -2.42. The van der Waals surface area contributed by atoms with Crippen molar-refractivity contribution in [3.8, 4) is 0 Å². The minimum Gasteiger partial charge on any atom is -0.388 e. The number of carbonyl (C=O) groups excluding carboxylic acids is 1. The maximum Gasteiger partial charge on any atom is 0.233 e. The van der Waals surface area contributed by atoms with Gasteiger partial charge < -0.3 is 10.0 Å². The highest BCUT2D eigenvalue weighted by Crippen LogP contribution is 2.26. The second-order valence-electron chi connectivity index (χ2n) is 7.38. The number of benzene rings is 2. The van der Waals surface area contributed by atoms with E-state index in [0.29, 0.717) is 18.1 Å². The molecule has 1 fully saturated rings. The van der Waals surface area contributed by atoms with Crippen molar-refractivity contribution < 1.29 is 14.3 Å². The van der Waals surface area contributed by atoms with Gasteiger partial charge in [0, 0.05) is 18.3 Å². The molecule has 1 saturated carbocycles. The summed E-state index contributed by atoms with van der Waals surface area (Å²) in [6.45, 7) is 0.519. The molecule has 0 saturated heterocycles. The Labute approximate surface area is 171 Å². The quantitative estimate of drug-likeness (QED) is 0.680. The Balaban J connectivity index is 1.58. The molecule has 1 aliphatic carbocycles. The van der Waals surface area contributed by atoms with Gasteiger partial charge in [-0.3, -0.25) is 4.79 Å². The van der Waals surface area contributed by atoms with E-state index < -0.39 is 6.10 Å². The maximum atomic E-state index is 13.2. The summed E-state index contributed by atoms with van der Waals surface area (Å²) in [6, 6.07) is 16.2. The molecule has 0 aliphatic heterocycles. The summed E-state index contributed by atoms with van der Waals surface area (Å²) in [5, 5.41) is 10.3. The SMILES string of the molecule is O=C(CSCC(O)c1ccccc1)N(Cc1ccc(F)cc1)C1CCCCC1. The molecule has 0 radical (unpaired) electrons. The van der Waals surface area contributed by atoms with E-state index in [1.54, 1.807) is 12.1 Å². The van der Waals surface area contributed by atoms with Crippen LogP contribution in [0.25, 0.3) is 0 Å². The van der Waals surface area contributed by atoms with Crippen LogP contribution in [0.1, 0.15) is 49.3 Å². The van der Waals surface area contributed by atoms with Crippen LogP contribution in [0.5, 0.6) is 0 Å². The summed E-state index contributed by atoms with van der Waals surface area (Å²) < 4.78 is 13.2. The smallest absolute Gasteiger partial charge is 0.233 e. The van der Waals surface area contributed by atoms with Crippen LogP contribution in [0.15, 0.2) is 54.6 Å². The van der Waals surface area contributed by atoms with Crippen molar-refractivity contribution in [3.05, 3.63) is 71.5 Å². The number of nitrogens with zero attached hydrogens (tertiary/aromatic N) is 1. The predicted molar refractivity (Wildman–Crippen MR) is 113 cm³/mol. The largest absolute Gasteiger partial charge is 0.388 e. The molecule has 2 aromatic carbocycles. The lowest BCUT2D eigenvalue weighted by Gasteiger charge is -2.34. The maximum absolute atomic E-state index is 13.2. The second-order valence-corrected chi connectivity index (χ2v) is 8.41. The van der Waals surface area contributed by atoms with E-state index in [2.05, 4.69) is 0 Å². The van der Waals surface area contributed by atoms with Crippen molar-refractivity contribution in [3.63, 3.8) is 0 Å². The van der Waals surface area contributed by atoms with Gasteiger partial charge in [-0.2, -0.15) is 0 Å². The average Bonchev–Trinajstić information content (AvgIpc) is 2.74. The van der Waals surface area contributed by atoms with Crippen molar-refractivity contribution >= 4 is 17.7 Å². The Kier molecular flexibility index (Phi) is 7.92. The number of hydrogen-bond donors (Lipinski definition) is 1. The highest BCUT2D eigenvalue weighted by atomic mass is 32.2. The third-order valence-electron chi connectivity index (χ3n) is 5.29. The molecule has 0 spiro atoms. The Morgan fingerprint density at radius 2 is 1.75 bits per heavy atom. The van der Waals surface area contributed by atoms with Crippen LogP contribution in [-0.4, -0.2) is 33.5 Å². The number of aliphatic hydroxyl groups excluding tert-OH is 1. The predicted octanol–water partition coefficient (Wildman–Crippen LogP) is 4.95. The van der Waals surface area contributed by atoms with Gasteiger partial charge in [0.25, 0.3) is 0 Å². The number of carbonyl (C=O) groups is 1. The number of amides is 1. The molecule has 1 unspecified atom stereocenters. The monoisotopic (exact) mass is 401 g/mol. The zero-order valence-corrected chi connectivity index (χ0v) is 16.9. The van der Waals surface area contributed by atoms with Gasteiger partial charge >= 0.3 is 0 Å².